The van der Waals surface area contributed by atoms with Gasteiger partial charge in [0, 0.05) is 27.8 Å². The van der Waals surface area contributed by atoms with Crippen LogP contribution in [0, 0.1) is 0 Å². The first kappa shape index (κ1) is 9.11. The third-order valence-electron chi connectivity index (χ3n) is 3.95. The topological polar surface area (TPSA) is 40.5 Å². The van der Waals surface area contributed by atoms with Crippen molar-refractivity contribution < 1.29 is 10.2 Å². The molecule has 0 heterocycles. The number of allylic oxidation sites excluding steroid dienone is 2. The predicted octanol–water partition coefficient (Wildman–Crippen LogP) is 3.22. The van der Waals surface area contributed by atoms with E-state index in [2.05, 4.69) is 6.08 Å². The lowest BCUT2D eigenvalue weighted by atomic mass is 9.90. The van der Waals surface area contributed by atoms with Crippen molar-refractivity contribution in [2.75, 3.05) is 0 Å². The number of phenols is 2. The molecular formula is C15H12O2. The maximum Gasteiger partial charge on any atom is 0.127 e. The molecular weight excluding hydrogens is 212 g/mol. The number of fused-ring (bicyclic) bond motifs is 4. The van der Waals surface area contributed by atoms with Gasteiger partial charge in [-0.15, -0.1) is 0 Å². The van der Waals surface area contributed by atoms with E-state index in [1.54, 1.807) is 0 Å². The van der Waals surface area contributed by atoms with E-state index in [0.29, 0.717) is 17.4 Å². The number of rotatable bonds is 0. The van der Waals surface area contributed by atoms with Gasteiger partial charge in [0.15, 0.2) is 0 Å². The van der Waals surface area contributed by atoms with E-state index in [1.165, 1.54) is 5.57 Å². The Kier molecular flexibility index (Phi) is 1.52. The van der Waals surface area contributed by atoms with Crippen molar-refractivity contribution in [2.45, 2.75) is 18.8 Å². The van der Waals surface area contributed by atoms with Gasteiger partial charge < -0.3 is 10.2 Å². The zero-order valence-electron chi connectivity index (χ0n) is 9.27. The van der Waals surface area contributed by atoms with Crippen molar-refractivity contribution in [1.29, 1.82) is 0 Å². The molecule has 0 saturated heterocycles. The summed E-state index contributed by atoms with van der Waals surface area (Å²) in [6.45, 7) is 0. The van der Waals surface area contributed by atoms with Crippen LogP contribution >= 0.6 is 0 Å². The Hall–Kier alpha value is -1.96. The van der Waals surface area contributed by atoms with Crippen LogP contribution in [-0.4, -0.2) is 10.2 Å². The first-order chi connectivity index (χ1) is 8.27. The molecule has 0 aliphatic heterocycles. The second-order valence-corrected chi connectivity index (χ2v) is 4.87. The molecule has 1 atom stereocenters. The molecule has 0 amide bonds. The van der Waals surface area contributed by atoms with Gasteiger partial charge in [-0.1, -0.05) is 35.9 Å². The molecule has 1 fully saturated rings. The van der Waals surface area contributed by atoms with Crippen LogP contribution in [0.1, 0.15) is 23.5 Å². The summed E-state index contributed by atoms with van der Waals surface area (Å²) >= 11 is 0. The number of phenolic OH excluding ortho intramolecular Hbond substituents is 2. The van der Waals surface area contributed by atoms with Crippen molar-refractivity contribution in [3.8, 4) is 11.5 Å². The van der Waals surface area contributed by atoms with Gasteiger partial charge in [-0.2, -0.15) is 0 Å². The Morgan fingerprint density at radius 2 is 1.71 bits per heavy atom. The summed E-state index contributed by atoms with van der Waals surface area (Å²) in [6.07, 6.45) is 3.96. The molecule has 2 heteroatoms. The third kappa shape index (κ3) is 1.05. The molecule has 0 radical (unpaired) electrons. The van der Waals surface area contributed by atoms with Crippen molar-refractivity contribution in [1.82, 2.24) is 0 Å². The zero-order valence-corrected chi connectivity index (χ0v) is 9.27. The molecule has 1 saturated carbocycles. The molecule has 2 aromatic carbocycles. The Balaban J connectivity index is 2.17. The molecule has 0 unspecified atom stereocenters. The summed E-state index contributed by atoms with van der Waals surface area (Å²) in [5.74, 6) is 1.06. The molecule has 0 bridgehead atoms. The van der Waals surface area contributed by atoms with Crippen molar-refractivity contribution in [3.63, 3.8) is 0 Å². The van der Waals surface area contributed by atoms with Crippen LogP contribution in [0.25, 0.3) is 10.8 Å². The van der Waals surface area contributed by atoms with Crippen molar-refractivity contribution in [2.24, 2.45) is 0 Å². The van der Waals surface area contributed by atoms with Crippen molar-refractivity contribution in [3.05, 3.63) is 47.0 Å². The van der Waals surface area contributed by atoms with Gasteiger partial charge in [-0.05, 0) is 12.8 Å². The van der Waals surface area contributed by atoms with Crippen LogP contribution in [0.3, 0.4) is 0 Å². The van der Waals surface area contributed by atoms with Crippen LogP contribution in [0.5, 0.6) is 11.5 Å². The molecule has 2 aromatic rings. The highest BCUT2D eigenvalue weighted by Crippen LogP contribution is 2.57. The maximum absolute atomic E-state index is 10.4. The lowest BCUT2D eigenvalue weighted by molar-refractivity contribution is 0.458. The number of hydrogen-bond acceptors (Lipinski definition) is 2. The molecule has 0 aromatic heterocycles. The predicted molar refractivity (Wildman–Crippen MR) is 66.4 cm³/mol. The molecule has 2 nitrogen and oxygen atoms in total. The second kappa shape index (κ2) is 2.83. The first-order valence-electron chi connectivity index (χ1n) is 5.91. The van der Waals surface area contributed by atoms with E-state index in [-0.39, 0.29) is 0 Å². The van der Waals surface area contributed by atoms with Crippen LogP contribution in [0.4, 0.5) is 0 Å². The first-order valence-corrected chi connectivity index (χ1v) is 5.91. The minimum Gasteiger partial charge on any atom is -0.507 e. The normalized spacial score (nSPS) is 20.7. The fourth-order valence-electron chi connectivity index (χ4n) is 2.98. The molecule has 17 heavy (non-hydrogen) atoms. The highest BCUT2D eigenvalue weighted by Gasteiger charge is 2.39. The summed E-state index contributed by atoms with van der Waals surface area (Å²) in [5.41, 5.74) is 3.27. The molecule has 0 spiro atoms. The Morgan fingerprint density at radius 1 is 1.00 bits per heavy atom. The smallest absolute Gasteiger partial charge is 0.127 e. The number of aromatic hydroxyl groups is 2. The lowest BCUT2D eigenvalue weighted by Crippen LogP contribution is -1.98. The van der Waals surface area contributed by atoms with Crippen molar-refractivity contribution >= 4 is 10.8 Å². The minimum atomic E-state index is 0.343. The van der Waals surface area contributed by atoms with E-state index >= 15 is 0 Å². The van der Waals surface area contributed by atoms with E-state index in [4.69, 9.17) is 0 Å². The molecule has 2 aliphatic rings. The van der Waals surface area contributed by atoms with E-state index in [9.17, 15) is 10.2 Å². The van der Waals surface area contributed by atoms with Gasteiger partial charge in [0.1, 0.15) is 11.5 Å². The summed E-state index contributed by atoms with van der Waals surface area (Å²) in [5, 5.41) is 22.2. The van der Waals surface area contributed by atoms with Crippen LogP contribution in [0.15, 0.2) is 35.9 Å². The van der Waals surface area contributed by atoms with Gasteiger partial charge in [0.25, 0.3) is 0 Å². The summed E-state index contributed by atoms with van der Waals surface area (Å²) in [6, 6.07) is 7.50. The Labute approximate surface area is 98.8 Å². The van der Waals surface area contributed by atoms with Gasteiger partial charge in [0.05, 0.1) is 0 Å². The second-order valence-electron chi connectivity index (χ2n) is 4.87. The molecule has 2 N–H and O–H groups in total. The quantitative estimate of drug-likeness (QED) is 0.533. The number of benzene rings is 2. The van der Waals surface area contributed by atoms with Gasteiger partial charge >= 0.3 is 0 Å². The van der Waals surface area contributed by atoms with Crippen LogP contribution < -0.4 is 0 Å². The van der Waals surface area contributed by atoms with E-state index < -0.39 is 0 Å². The largest absolute Gasteiger partial charge is 0.507 e. The highest BCUT2D eigenvalue weighted by atomic mass is 16.3. The SMILES string of the molecule is Oc1c2c(c(O)c3ccccc13)[C@H]1CC1=CC2. The Morgan fingerprint density at radius 3 is 2.47 bits per heavy atom. The lowest BCUT2D eigenvalue weighted by Gasteiger charge is -2.17. The third-order valence-corrected chi connectivity index (χ3v) is 3.95. The molecule has 84 valence electrons. The minimum absolute atomic E-state index is 0.343. The summed E-state index contributed by atoms with van der Waals surface area (Å²) in [4.78, 5) is 0. The van der Waals surface area contributed by atoms with Crippen LogP contribution in [0.2, 0.25) is 0 Å². The molecule has 4 rings (SSSR count). The Bertz CT molecular complexity index is 683. The van der Waals surface area contributed by atoms with Gasteiger partial charge in [-0.3, -0.25) is 0 Å². The average molecular weight is 224 g/mol. The van der Waals surface area contributed by atoms with E-state index in [0.717, 1.165) is 34.7 Å². The fraction of sp³-hybridized carbons (Fsp3) is 0.200. The molecule has 2 aliphatic carbocycles. The standard InChI is InChI=1S/C15H12O2/c16-14-9-3-1-2-4-10(9)15(17)13-11(14)6-5-8-7-12(8)13/h1-5,12,16-17H,6-7H2/t12-/m0/s1. The van der Waals surface area contributed by atoms with E-state index in [1.807, 2.05) is 24.3 Å². The fourth-order valence-corrected chi connectivity index (χ4v) is 2.98. The summed E-state index contributed by atoms with van der Waals surface area (Å²) < 4.78 is 0. The van der Waals surface area contributed by atoms with Gasteiger partial charge in [-0.25, -0.2) is 0 Å². The van der Waals surface area contributed by atoms with Crippen LogP contribution in [-0.2, 0) is 6.42 Å². The maximum atomic E-state index is 10.4. The van der Waals surface area contributed by atoms with Gasteiger partial charge in [0.2, 0.25) is 0 Å². The zero-order chi connectivity index (χ0) is 11.6. The average Bonchev–Trinajstić information content (AvgIpc) is 3.14. The highest BCUT2D eigenvalue weighted by molar-refractivity contribution is 5.96. The number of hydrogen-bond donors (Lipinski definition) is 2. The monoisotopic (exact) mass is 224 g/mol. The summed E-state index contributed by atoms with van der Waals surface area (Å²) in [7, 11) is 0.